The van der Waals surface area contributed by atoms with Gasteiger partial charge in [0.2, 0.25) is 10.0 Å². The van der Waals surface area contributed by atoms with Crippen LogP contribution in [0.3, 0.4) is 0 Å². The number of anilines is 2. The number of nitrogens with two attached hydrogens (primary N) is 1. The highest BCUT2D eigenvalue weighted by atomic mass is 32.2. The largest absolute Gasteiger partial charge is 0.383 e. The first-order chi connectivity index (χ1) is 21.1. The summed E-state index contributed by atoms with van der Waals surface area (Å²) in [4.78, 5) is 23.3. The zero-order valence-electron chi connectivity index (χ0n) is 24.3. The number of piperazine rings is 1. The Kier molecular flexibility index (Phi) is 8.18. The minimum atomic E-state index is -4.17. The molecule has 13 nitrogen and oxygen atoms in total. The number of quaternary nitrogens is 1. The summed E-state index contributed by atoms with van der Waals surface area (Å²) in [6.45, 7) is 4.55. The molecule has 1 saturated carbocycles. The molecule has 1 aliphatic heterocycles. The van der Waals surface area contributed by atoms with Gasteiger partial charge in [-0.05, 0) is 32.0 Å². The number of halogens is 1. The molecule has 44 heavy (non-hydrogen) atoms. The van der Waals surface area contributed by atoms with Crippen molar-refractivity contribution in [2.75, 3.05) is 43.7 Å². The standard InChI is InChI=1S/C29H34FN9O4S/c1-36-12-14-37(15-13-36)21-7-9-22(10-8-21)38-29-26(28(31)32-18-33-29)27(34-38)19-6-11-24(23(30)16-19)35-44(42,43)17-20-4-2-3-5-25(20)39(40)41/h2-6,11,16,18,21-22,35H,7-10,12-15,17H2,1H3,(H2,31,32,33)/p+1. The van der Waals surface area contributed by atoms with Crippen LogP contribution in [0, 0.1) is 15.9 Å². The van der Waals surface area contributed by atoms with Crippen molar-refractivity contribution >= 4 is 38.2 Å². The molecule has 1 saturated heterocycles. The third-order valence-corrected chi connectivity index (χ3v) is 10.0. The molecule has 2 aliphatic rings. The Balaban J connectivity index is 1.23. The number of benzene rings is 2. The predicted octanol–water partition coefficient (Wildman–Crippen LogP) is 2.38. The van der Waals surface area contributed by atoms with Crippen LogP contribution in [0.2, 0.25) is 0 Å². The first-order valence-electron chi connectivity index (χ1n) is 14.6. The Morgan fingerprint density at radius 1 is 1.11 bits per heavy atom. The fourth-order valence-electron chi connectivity index (χ4n) is 6.46. The summed E-state index contributed by atoms with van der Waals surface area (Å²) in [5, 5.41) is 16.7. The van der Waals surface area contributed by atoms with Crippen molar-refractivity contribution in [3.8, 4) is 11.3 Å². The quantitative estimate of drug-likeness (QED) is 0.197. The van der Waals surface area contributed by atoms with Gasteiger partial charge in [0, 0.05) is 43.1 Å². The van der Waals surface area contributed by atoms with Crippen LogP contribution in [-0.2, 0) is 15.8 Å². The summed E-state index contributed by atoms with van der Waals surface area (Å²) in [5.41, 5.74) is 7.05. The molecular formula is C29H35FN9O4S+. The van der Waals surface area contributed by atoms with Gasteiger partial charge in [0.05, 0.1) is 41.2 Å². The van der Waals surface area contributed by atoms with Crippen LogP contribution in [0.5, 0.6) is 0 Å². The fourth-order valence-corrected chi connectivity index (χ4v) is 7.69. The normalized spacial score (nSPS) is 20.1. The lowest BCUT2D eigenvalue weighted by Gasteiger charge is -2.38. The van der Waals surface area contributed by atoms with Crippen molar-refractivity contribution in [3.05, 3.63) is 70.3 Å². The van der Waals surface area contributed by atoms with Gasteiger partial charge in [0.1, 0.15) is 29.4 Å². The first kappa shape index (κ1) is 29.8. The maximum Gasteiger partial charge on any atom is 0.273 e. The minimum absolute atomic E-state index is 0.00603. The van der Waals surface area contributed by atoms with Crippen LogP contribution >= 0.6 is 0 Å². The summed E-state index contributed by atoms with van der Waals surface area (Å²) < 4.78 is 45.2. The monoisotopic (exact) mass is 624 g/mol. The minimum Gasteiger partial charge on any atom is -0.383 e. The number of rotatable bonds is 8. The fraction of sp³-hybridized carbons (Fsp3) is 0.414. The van der Waals surface area contributed by atoms with E-state index in [1.807, 2.05) is 4.68 Å². The van der Waals surface area contributed by atoms with E-state index in [1.54, 1.807) is 11.0 Å². The van der Waals surface area contributed by atoms with E-state index in [0.29, 0.717) is 28.3 Å². The number of hydrogen-bond acceptors (Lipinski definition) is 9. The van der Waals surface area contributed by atoms with Gasteiger partial charge >= 0.3 is 0 Å². The van der Waals surface area contributed by atoms with Crippen molar-refractivity contribution in [1.29, 1.82) is 0 Å². The van der Waals surface area contributed by atoms with Crippen molar-refractivity contribution in [1.82, 2.24) is 24.6 Å². The van der Waals surface area contributed by atoms with Gasteiger partial charge in [-0.3, -0.25) is 19.7 Å². The number of hydrogen-bond donors (Lipinski definition) is 3. The maximum atomic E-state index is 15.4. The van der Waals surface area contributed by atoms with Gasteiger partial charge in [-0.25, -0.2) is 27.5 Å². The average molecular weight is 625 g/mol. The van der Waals surface area contributed by atoms with E-state index in [9.17, 15) is 18.5 Å². The van der Waals surface area contributed by atoms with Crippen LogP contribution in [-0.4, -0.2) is 77.3 Å². The highest BCUT2D eigenvalue weighted by molar-refractivity contribution is 7.91. The number of aromatic nitrogens is 4. The van der Waals surface area contributed by atoms with E-state index >= 15 is 4.39 Å². The number of fused-ring (bicyclic) bond motifs is 1. The number of nitrogens with one attached hydrogen (secondary N) is 2. The molecule has 0 spiro atoms. The number of nitrogen functional groups attached to an aromatic ring is 1. The van der Waals surface area contributed by atoms with Gasteiger partial charge in [-0.2, -0.15) is 5.10 Å². The van der Waals surface area contributed by atoms with Crippen molar-refractivity contribution in [2.24, 2.45) is 0 Å². The van der Waals surface area contributed by atoms with Crippen LogP contribution < -0.4 is 15.4 Å². The number of likely N-dealkylation sites (N-methyl/N-ethyl adjacent to an activating group) is 1. The highest BCUT2D eigenvalue weighted by Crippen LogP contribution is 2.36. The van der Waals surface area contributed by atoms with E-state index in [4.69, 9.17) is 10.8 Å². The molecule has 0 bridgehead atoms. The Morgan fingerprint density at radius 3 is 2.55 bits per heavy atom. The second kappa shape index (κ2) is 12.1. The Bertz CT molecular complexity index is 1800. The molecule has 2 aromatic heterocycles. The maximum absolute atomic E-state index is 15.4. The number of sulfonamides is 1. The summed E-state index contributed by atoms with van der Waals surface area (Å²) >= 11 is 0. The summed E-state index contributed by atoms with van der Waals surface area (Å²) in [7, 11) is -2.00. The molecular weight excluding hydrogens is 589 g/mol. The molecule has 0 unspecified atom stereocenters. The van der Waals surface area contributed by atoms with Crippen LogP contribution in [0.25, 0.3) is 22.3 Å². The molecule has 0 atom stereocenters. The molecule has 2 fully saturated rings. The lowest BCUT2D eigenvalue weighted by molar-refractivity contribution is -0.931. The second-order valence-corrected chi connectivity index (χ2v) is 13.4. The van der Waals surface area contributed by atoms with E-state index in [1.165, 1.54) is 42.7 Å². The Hall–Kier alpha value is -4.21. The topological polar surface area (TPSA) is 167 Å². The van der Waals surface area contributed by atoms with E-state index in [2.05, 4.69) is 26.6 Å². The van der Waals surface area contributed by atoms with Gasteiger partial charge in [0.15, 0.2) is 5.65 Å². The third-order valence-electron chi connectivity index (χ3n) is 8.81. The molecule has 1 aliphatic carbocycles. The van der Waals surface area contributed by atoms with Gasteiger partial charge in [-0.15, -0.1) is 0 Å². The summed E-state index contributed by atoms with van der Waals surface area (Å²) in [5.74, 6) is -1.30. The van der Waals surface area contributed by atoms with E-state index in [0.717, 1.165) is 51.9 Å². The van der Waals surface area contributed by atoms with Crippen LogP contribution in [0.4, 0.5) is 21.6 Å². The number of nitrogens with zero attached hydrogens (tertiary/aromatic N) is 6. The Morgan fingerprint density at radius 2 is 1.84 bits per heavy atom. The van der Waals surface area contributed by atoms with Crippen LogP contribution in [0.15, 0.2) is 48.8 Å². The SMILES string of the molecule is CN1CC[NH+](C2CCC(n3nc(-c4ccc(NS(=O)(=O)Cc5ccccc5[N+](=O)[O-])c(F)c4)c4c(N)ncnc43)CC2)CC1. The van der Waals surface area contributed by atoms with E-state index < -0.39 is 26.5 Å². The summed E-state index contributed by atoms with van der Waals surface area (Å²) in [6, 6.07) is 10.3. The Labute approximate surface area is 254 Å². The predicted molar refractivity (Wildman–Crippen MR) is 164 cm³/mol. The lowest BCUT2D eigenvalue weighted by atomic mass is 9.90. The zero-order chi connectivity index (χ0) is 31.0. The molecule has 3 heterocycles. The lowest BCUT2D eigenvalue weighted by Crippen LogP contribution is -3.18. The first-order valence-corrected chi connectivity index (χ1v) is 16.3. The van der Waals surface area contributed by atoms with Crippen molar-refractivity contribution in [3.63, 3.8) is 0 Å². The molecule has 4 aromatic rings. The number of para-hydroxylation sites is 1. The van der Waals surface area contributed by atoms with Gasteiger partial charge in [-0.1, -0.05) is 24.3 Å². The molecule has 232 valence electrons. The molecule has 4 N–H and O–H groups in total. The molecule has 0 radical (unpaired) electrons. The molecule has 6 rings (SSSR count). The van der Waals surface area contributed by atoms with Crippen LogP contribution in [0.1, 0.15) is 37.3 Å². The zero-order valence-corrected chi connectivity index (χ0v) is 25.1. The molecule has 15 heteroatoms. The third kappa shape index (κ3) is 6.07. The molecule has 0 amide bonds. The average Bonchev–Trinajstić information content (AvgIpc) is 3.40. The number of nitro groups is 1. The highest BCUT2D eigenvalue weighted by Gasteiger charge is 2.33. The number of nitro benzene ring substituents is 1. The molecule has 2 aromatic carbocycles. The van der Waals surface area contributed by atoms with Crippen molar-refractivity contribution in [2.45, 2.75) is 43.5 Å². The van der Waals surface area contributed by atoms with Gasteiger partial charge < -0.3 is 10.6 Å². The second-order valence-electron chi connectivity index (χ2n) is 11.7. The van der Waals surface area contributed by atoms with Crippen molar-refractivity contribution < 1.29 is 22.6 Å². The van der Waals surface area contributed by atoms with Gasteiger partial charge in [0.25, 0.3) is 5.69 Å². The summed E-state index contributed by atoms with van der Waals surface area (Å²) in [6.07, 6.45) is 5.44. The van der Waals surface area contributed by atoms with E-state index in [-0.39, 0.29) is 28.8 Å². The smallest absolute Gasteiger partial charge is 0.273 e.